The van der Waals surface area contributed by atoms with E-state index in [0.717, 1.165) is 43.5 Å². The zero-order chi connectivity index (χ0) is 23.7. The Balaban J connectivity index is 1.47. The summed E-state index contributed by atoms with van der Waals surface area (Å²) < 4.78 is 51.3. The molecule has 3 aromatic rings. The highest BCUT2D eigenvalue weighted by molar-refractivity contribution is 7.71. The maximum Gasteiger partial charge on any atom is 0.268 e. The summed E-state index contributed by atoms with van der Waals surface area (Å²) in [7, 11) is -3.07. The Kier molecular flexibility index (Phi) is 6.38. The molecule has 11 heteroatoms. The topological polar surface area (TPSA) is 102 Å². The summed E-state index contributed by atoms with van der Waals surface area (Å²) >= 11 is 0. The molecule has 1 amide bonds. The van der Waals surface area contributed by atoms with E-state index < -0.39 is 16.8 Å². The largest absolute Gasteiger partial charge is 0.490 e. The molecule has 5 rings (SSSR count). The Morgan fingerprint density at radius 2 is 2.00 bits per heavy atom. The molecule has 0 unspecified atom stereocenters. The van der Waals surface area contributed by atoms with Gasteiger partial charge in [-0.3, -0.25) is 9.52 Å². The molecular formula is C23H25FN4O5S. The summed E-state index contributed by atoms with van der Waals surface area (Å²) in [6, 6.07) is 8.23. The Morgan fingerprint density at radius 1 is 1.18 bits per heavy atom. The van der Waals surface area contributed by atoms with Crippen LogP contribution in [-0.2, 0) is 15.6 Å². The van der Waals surface area contributed by atoms with Crippen LogP contribution in [0.3, 0.4) is 0 Å². The normalized spacial score (nSPS) is 19.1. The lowest BCUT2D eigenvalue weighted by atomic mass is 10.0. The standard InChI is InChI=1S/C23H25FN4O5S/c24-15-3-4-22(33-17-6-10-32-11-7-17)18(12-15)20-2-1-8-27(20)16-5-9-28-21(13-16)19(14-25-28)23(29)26-34(30)31/h3-5,9,12-14,17,20,34H,1-2,6-8,10-11H2,(H,26,29,30,31)/t20-/m1/s1. The molecule has 9 nitrogen and oxygen atoms in total. The van der Waals surface area contributed by atoms with Gasteiger partial charge in [-0.05, 0) is 43.2 Å². The maximum absolute atomic E-state index is 14.3. The number of ether oxygens (including phenoxy) is 2. The molecule has 0 aliphatic carbocycles. The molecule has 2 fully saturated rings. The number of nitrogens with zero attached hydrogens (tertiary/aromatic N) is 3. The van der Waals surface area contributed by atoms with Crippen molar-refractivity contribution in [2.75, 3.05) is 24.7 Å². The molecule has 180 valence electrons. The number of hydrogen-bond donors (Lipinski definition) is 2. The van der Waals surface area contributed by atoms with Gasteiger partial charge in [0, 0.05) is 36.8 Å². The number of benzene rings is 1. The van der Waals surface area contributed by atoms with Gasteiger partial charge in [-0.25, -0.2) is 17.3 Å². The highest BCUT2D eigenvalue weighted by Gasteiger charge is 2.30. The molecule has 1 aromatic carbocycles. The first-order valence-corrected chi connectivity index (χ1v) is 12.4. The van der Waals surface area contributed by atoms with Crippen LogP contribution in [0.1, 0.15) is 47.6 Å². The quantitative estimate of drug-likeness (QED) is 0.515. The SMILES string of the molecule is O=C(N[SH](=O)=O)c1cnn2ccc(N3CCC[C@@H]3c3cc(F)ccc3OC3CCOCC3)cc12. The van der Waals surface area contributed by atoms with Crippen LogP contribution in [0, 0.1) is 5.82 Å². The summed E-state index contributed by atoms with van der Waals surface area (Å²) in [6.07, 6.45) is 6.41. The zero-order valence-corrected chi connectivity index (χ0v) is 19.2. The van der Waals surface area contributed by atoms with Crippen LogP contribution in [0.5, 0.6) is 5.75 Å². The monoisotopic (exact) mass is 488 g/mol. The number of anilines is 1. The zero-order valence-electron chi connectivity index (χ0n) is 18.4. The molecule has 1 N–H and O–H groups in total. The number of carbonyl (C=O) groups excluding carboxylic acids is 1. The molecule has 2 aliphatic heterocycles. The van der Waals surface area contributed by atoms with E-state index in [-0.39, 0.29) is 23.5 Å². The number of fused-ring (bicyclic) bond motifs is 1. The van der Waals surface area contributed by atoms with Gasteiger partial charge < -0.3 is 14.4 Å². The molecule has 0 bridgehead atoms. The van der Waals surface area contributed by atoms with Crippen molar-refractivity contribution in [2.45, 2.75) is 37.8 Å². The Hall–Kier alpha value is -3.18. The van der Waals surface area contributed by atoms with Gasteiger partial charge in [-0.2, -0.15) is 5.10 Å². The third kappa shape index (κ3) is 4.58. The average Bonchev–Trinajstić information content (AvgIpc) is 3.47. The van der Waals surface area contributed by atoms with Crippen LogP contribution in [0.15, 0.2) is 42.7 Å². The van der Waals surface area contributed by atoms with Crippen molar-refractivity contribution < 1.29 is 27.1 Å². The average molecular weight is 489 g/mol. The second-order valence-electron chi connectivity index (χ2n) is 8.43. The fourth-order valence-corrected chi connectivity index (χ4v) is 5.01. The molecule has 34 heavy (non-hydrogen) atoms. The lowest BCUT2D eigenvalue weighted by Gasteiger charge is -2.30. The smallest absolute Gasteiger partial charge is 0.268 e. The van der Waals surface area contributed by atoms with E-state index in [4.69, 9.17) is 9.47 Å². The third-order valence-electron chi connectivity index (χ3n) is 6.32. The van der Waals surface area contributed by atoms with E-state index in [1.807, 2.05) is 10.8 Å². The van der Waals surface area contributed by atoms with Crippen LogP contribution in [-0.4, -0.2) is 49.8 Å². The summed E-state index contributed by atoms with van der Waals surface area (Å²) in [5, 5.41) is 4.14. The lowest BCUT2D eigenvalue weighted by molar-refractivity contribution is 0.0250. The third-order valence-corrected chi connectivity index (χ3v) is 6.71. The van der Waals surface area contributed by atoms with Gasteiger partial charge in [-0.15, -0.1) is 0 Å². The fraction of sp³-hybridized carbons (Fsp3) is 0.391. The number of halogens is 1. The Bertz CT molecular complexity index is 1280. The van der Waals surface area contributed by atoms with Gasteiger partial charge in [-0.1, -0.05) is 0 Å². The van der Waals surface area contributed by atoms with E-state index >= 15 is 0 Å². The van der Waals surface area contributed by atoms with Crippen LogP contribution in [0.2, 0.25) is 0 Å². The second-order valence-corrected chi connectivity index (χ2v) is 9.17. The van der Waals surface area contributed by atoms with Gasteiger partial charge >= 0.3 is 0 Å². The van der Waals surface area contributed by atoms with Crippen LogP contribution >= 0.6 is 0 Å². The first-order chi connectivity index (χ1) is 16.5. The van der Waals surface area contributed by atoms with E-state index in [1.54, 1.807) is 24.4 Å². The number of hydrogen-bond acceptors (Lipinski definition) is 7. The summed E-state index contributed by atoms with van der Waals surface area (Å²) in [5.41, 5.74) is 2.26. The van der Waals surface area contributed by atoms with E-state index in [9.17, 15) is 17.6 Å². The number of carbonyl (C=O) groups is 1. The molecule has 0 saturated carbocycles. The molecule has 2 aliphatic rings. The van der Waals surface area contributed by atoms with Crippen molar-refractivity contribution in [3.8, 4) is 5.75 Å². The number of aromatic nitrogens is 2. The predicted octanol–water partition coefficient (Wildman–Crippen LogP) is 2.63. The first kappa shape index (κ1) is 22.6. The number of pyridine rings is 1. The van der Waals surface area contributed by atoms with Gasteiger partial charge in [0.2, 0.25) is 10.9 Å². The molecule has 2 aromatic heterocycles. The van der Waals surface area contributed by atoms with Gasteiger partial charge in [0.05, 0.1) is 36.5 Å². The summed E-state index contributed by atoms with van der Waals surface area (Å²) in [4.78, 5) is 14.5. The molecule has 0 spiro atoms. The van der Waals surface area contributed by atoms with Crippen LogP contribution in [0.4, 0.5) is 10.1 Å². The maximum atomic E-state index is 14.3. The molecule has 2 saturated heterocycles. The fourth-order valence-electron chi connectivity index (χ4n) is 4.73. The van der Waals surface area contributed by atoms with E-state index in [2.05, 4.69) is 10.00 Å². The van der Waals surface area contributed by atoms with Crippen molar-refractivity contribution >= 4 is 28.0 Å². The van der Waals surface area contributed by atoms with Crippen molar-refractivity contribution in [3.05, 3.63) is 59.7 Å². The molecule has 0 radical (unpaired) electrons. The summed E-state index contributed by atoms with van der Waals surface area (Å²) in [6.45, 7) is 2.05. The van der Waals surface area contributed by atoms with Crippen molar-refractivity contribution in [2.24, 2.45) is 0 Å². The van der Waals surface area contributed by atoms with Crippen molar-refractivity contribution in [1.82, 2.24) is 14.3 Å². The number of thiol groups is 1. The van der Waals surface area contributed by atoms with Crippen LogP contribution in [0.25, 0.3) is 5.52 Å². The van der Waals surface area contributed by atoms with Gasteiger partial charge in [0.25, 0.3) is 5.91 Å². The first-order valence-electron chi connectivity index (χ1n) is 11.2. The van der Waals surface area contributed by atoms with Crippen molar-refractivity contribution in [1.29, 1.82) is 0 Å². The minimum Gasteiger partial charge on any atom is -0.490 e. The molecule has 1 atom stereocenters. The van der Waals surface area contributed by atoms with E-state index in [1.165, 1.54) is 16.8 Å². The highest BCUT2D eigenvalue weighted by atomic mass is 32.2. The lowest BCUT2D eigenvalue weighted by Crippen LogP contribution is -2.28. The minimum atomic E-state index is -3.07. The molecule has 4 heterocycles. The second kappa shape index (κ2) is 9.59. The predicted molar refractivity (Wildman–Crippen MR) is 123 cm³/mol. The number of rotatable bonds is 6. The van der Waals surface area contributed by atoms with E-state index in [0.29, 0.717) is 24.5 Å². The Morgan fingerprint density at radius 3 is 2.79 bits per heavy atom. The number of nitrogens with one attached hydrogen (secondary N) is 1. The van der Waals surface area contributed by atoms with Crippen LogP contribution < -0.4 is 14.4 Å². The minimum absolute atomic E-state index is 0.0320. The summed E-state index contributed by atoms with van der Waals surface area (Å²) in [5.74, 6) is -0.383. The van der Waals surface area contributed by atoms with Gasteiger partial charge in [0.15, 0.2) is 0 Å². The van der Waals surface area contributed by atoms with Gasteiger partial charge in [0.1, 0.15) is 17.7 Å². The van der Waals surface area contributed by atoms with Crippen molar-refractivity contribution in [3.63, 3.8) is 0 Å². The number of amides is 1. The molecular weight excluding hydrogens is 463 g/mol. The highest BCUT2D eigenvalue weighted by Crippen LogP contribution is 2.41. The Labute approximate surface area is 197 Å².